The molecule has 2 aromatic rings. The molecule has 10 nitrogen and oxygen atoms in total. The van der Waals surface area contributed by atoms with Crippen molar-refractivity contribution in [2.75, 3.05) is 55.1 Å². The second-order valence-corrected chi connectivity index (χ2v) is 7.69. The van der Waals surface area contributed by atoms with Gasteiger partial charge in [0.1, 0.15) is 0 Å². The number of carbonyl (C=O) groups excluding carboxylic acids is 1. The summed E-state index contributed by atoms with van der Waals surface area (Å²) >= 11 is 0. The number of pyridine rings is 1. The lowest BCUT2D eigenvalue weighted by molar-refractivity contribution is 0.122. The van der Waals surface area contributed by atoms with Crippen LogP contribution in [-0.4, -0.2) is 67.1 Å². The van der Waals surface area contributed by atoms with E-state index < -0.39 is 0 Å². The van der Waals surface area contributed by atoms with E-state index in [0.717, 1.165) is 36.6 Å². The van der Waals surface area contributed by atoms with E-state index in [-0.39, 0.29) is 18.2 Å². The molecule has 10 heteroatoms. The lowest BCUT2D eigenvalue weighted by Gasteiger charge is -2.39. The maximum absolute atomic E-state index is 12.7. The number of fused-ring (bicyclic) bond motifs is 1. The quantitative estimate of drug-likeness (QED) is 0.723. The smallest absolute Gasteiger partial charge is 0.414 e. The number of nitrogens with one attached hydrogen (secondary N) is 1. The highest BCUT2D eigenvalue weighted by molar-refractivity contribution is 5.90. The van der Waals surface area contributed by atoms with Crippen molar-refractivity contribution in [1.29, 1.82) is 0 Å². The van der Waals surface area contributed by atoms with Gasteiger partial charge >= 0.3 is 6.09 Å². The predicted molar refractivity (Wildman–Crippen MR) is 120 cm³/mol. The summed E-state index contributed by atoms with van der Waals surface area (Å²) in [4.78, 5) is 30.3. The van der Waals surface area contributed by atoms with E-state index in [1.165, 1.54) is 0 Å². The molecule has 2 aliphatic rings. The summed E-state index contributed by atoms with van der Waals surface area (Å²) in [6, 6.07) is 3.48. The van der Waals surface area contributed by atoms with Crippen LogP contribution in [0.5, 0.6) is 5.88 Å². The number of anilines is 3. The molecular formula is C22H30N6O4. The second-order valence-electron chi connectivity index (χ2n) is 7.69. The van der Waals surface area contributed by atoms with E-state index in [1.807, 2.05) is 6.07 Å². The van der Waals surface area contributed by atoms with Gasteiger partial charge in [-0.3, -0.25) is 4.90 Å². The molecule has 2 aromatic heterocycles. The van der Waals surface area contributed by atoms with Gasteiger partial charge in [-0.2, -0.15) is 0 Å². The fraction of sp³-hybridized carbons (Fsp3) is 0.545. The summed E-state index contributed by atoms with van der Waals surface area (Å²) in [7, 11) is 1.58. The minimum atomic E-state index is -0.357. The maximum atomic E-state index is 12.7. The number of morpholine rings is 1. The Morgan fingerprint density at radius 2 is 1.97 bits per heavy atom. The van der Waals surface area contributed by atoms with Gasteiger partial charge in [0.2, 0.25) is 11.8 Å². The predicted octanol–water partition coefficient (Wildman–Crippen LogP) is 3.02. The molecule has 0 aliphatic carbocycles. The molecule has 0 saturated carbocycles. The van der Waals surface area contributed by atoms with Crippen molar-refractivity contribution in [3.05, 3.63) is 30.2 Å². The number of aromatic nitrogens is 3. The molecule has 0 bridgehead atoms. The zero-order chi connectivity index (χ0) is 22.5. The van der Waals surface area contributed by atoms with E-state index in [1.54, 1.807) is 37.4 Å². The molecule has 1 saturated heterocycles. The van der Waals surface area contributed by atoms with Crippen LogP contribution in [0.15, 0.2) is 24.5 Å². The van der Waals surface area contributed by atoms with Crippen molar-refractivity contribution in [1.82, 2.24) is 15.0 Å². The first-order valence-corrected chi connectivity index (χ1v) is 11.1. The first kappa shape index (κ1) is 22.1. The summed E-state index contributed by atoms with van der Waals surface area (Å²) in [6.07, 6.45) is 4.68. The Hall–Kier alpha value is -3.14. The Balaban J connectivity index is 1.60. The number of nitrogens with zero attached hydrogens (tertiary/aromatic N) is 5. The lowest BCUT2D eigenvalue weighted by atomic mass is 9.93. The highest BCUT2D eigenvalue weighted by Crippen LogP contribution is 2.40. The van der Waals surface area contributed by atoms with Crippen molar-refractivity contribution in [3.63, 3.8) is 0 Å². The SMILES string of the molecule is CCOC(=O)N1c2ccc(OC)nc2C(Nc2cnc(N3CCOCC3)nc2)CC1CC. The summed E-state index contributed by atoms with van der Waals surface area (Å²) in [5.41, 5.74) is 2.26. The van der Waals surface area contributed by atoms with Crippen molar-refractivity contribution in [3.8, 4) is 5.88 Å². The van der Waals surface area contributed by atoms with Crippen molar-refractivity contribution in [2.24, 2.45) is 0 Å². The average Bonchev–Trinajstić information content (AvgIpc) is 2.84. The number of rotatable bonds is 6. The highest BCUT2D eigenvalue weighted by Gasteiger charge is 2.37. The third-order valence-electron chi connectivity index (χ3n) is 5.76. The minimum Gasteiger partial charge on any atom is -0.481 e. The fourth-order valence-corrected chi connectivity index (χ4v) is 4.15. The molecule has 32 heavy (non-hydrogen) atoms. The van der Waals surface area contributed by atoms with E-state index in [0.29, 0.717) is 38.1 Å². The summed E-state index contributed by atoms with van der Waals surface area (Å²) < 4.78 is 16.1. The van der Waals surface area contributed by atoms with E-state index >= 15 is 0 Å². The molecule has 0 aromatic carbocycles. The zero-order valence-corrected chi connectivity index (χ0v) is 18.8. The second kappa shape index (κ2) is 9.99. The monoisotopic (exact) mass is 442 g/mol. The summed E-state index contributed by atoms with van der Waals surface area (Å²) in [5, 5.41) is 3.51. The van der Waals surface area contributed by atoms with E-state index in [2.05, 4.69) is 32.1 Å². The van der Waals surface area contributed by atoms with Gasteiger partial charge in [0.15, 0.2) is 0 Å². The van der Waals surface area contributed by atoms with Gasteiger partial charge in [-0.1, -0.05) is 6.92 Å². The van der Waals surface area contributed by atoms with Crippen LogP contribution in [0.3, 0.4) is 0 Å². The van der Waals surface area contributed by atoms with Crippen LogP contribution in [0.2, 0.25) is 0 Å². The van der Waals surface area contributed by atoms with Gasteiger partial charge in [0, 0.05) is 25.2 Å². The van der Waals surface area contributed by atoms with E-state index in [9.17, 15) is 4.79 Å². The van der Waals surface area contributed by atoms with Gasteiger partial charge in [-0.15, -0.1) is 0 Å². The van der Waals surface area contributed by atoms with Crippen molar-refractivity contribution in [2.45, 2.75) is 38.8 Å². The fourth-order valence-electron chi connectivity index (χ4n) is 4.15. The van der Waals surface area contributed by atoms with E-state index in [4.69, 9.17) is 14.2 Å². The Morgan fingerprint density at radius 1 is 1.22 bits per heavy atom. The maximum Gasteiger partial charge on any atom is 0.414 e. The minimum absolute atomic E-state index is 0.0252. The van der Waals surface area contributed by atoms with Gasteiger partial charge in [-0.05, 0) is 25.8 Å². The molecular weight excluding hydrogens is 412 g/mol. The number of hydrogen-bond donors (Lipinski definition) is 1. The topological polar surface area (TPSA) is 102 Å². The van der Waals surface area contributed by atoms with Crippen LogP contribution in [0, 0.1) is 0 Å². The van der Waals surface area contributed by atoms with Gasteiger partial charge in [0.05, 0.1) is 62.4 Å². The average molecular weight is 443 g/mol. The Kier molecular flexibility index (Phi) is 6.89. The highest BCUT2D eigenvalue weighted by atomic mass is 16.6. The van der Waals surface area contributed by atoms with Crippen LogP contribution in [0.25, 0.3) is 0 Å². The van der Waals surface area contributed by atoms with Crippen LogP contribution in [0.4, 0.5) is 22.1 Å². The number of carbonyl (C=O) groups is 1. The standard InChI is InChI=1S/C22H30N6O4/c1-4-16-12-17(25-15-13-23-21(24-14-15)27-8-10-31-11-9-27)20-18(6-7-19(26-20)30-3)28(16)22(29)32-5-2/h6-7,13-14,16-17,25H,4-5,8-12H2,1-3H3. The lowest BCUT2D eigenvalue weighted by Crippen LogP contribution is -2.46. The normalized spacial score (nSPS) is 20.5. The Bertz CT molecular complexity index is 919. The van der Waals surface area contributed by atoms with Crippen LogP contribution >= 0.6 is 0 Å². The Morgan fingerprint density at radius 3 is 2.62 bits per heavy atom. The molecule has 4 rings (SSSR count). The third-order valence-corrected chi connectivity index (χ3v) is 5.76. The van der Waals surface area contributed by atoms with Crippen molar-refractivity contribution >= 4 is 23.4 Å². The summed E-state index contributed by atoms with van der Waals surface area (Å²) in [5.74, 6) is 1.19. The van der Waals surface area contributed by atoms with Crippen LogP contribution in [0.1, 0.15) is 38.4 Å². The largest absolute Gasteiger partial charge is 0.481 e. The number of ether oxygens (including phenoxy) is 3. The molecule has 0 radical (unpaired) electrons. The molecule has 1 amide bonds. The van der Waals surface area contributed by atoms with Crippen LogP contribution < -0.4 is 19.9 Å². The molecule has 172 valence electrons. The molecule has 1 fully saturated rings. The Labute approximate surface area is 187 Å². The van der Waals surface area contributed by atoms with Gasteiger partial charge in [-0.25, -0.2) is 19.7 Å². The van der Waals surface area contributed by atoms with Crippen molar-refractivity contribution < 1.29 is 19.0 Å². The van der Waals surface area contributed by atoms with Gasteiger partial charge in [0.25, 0.3) is 0 Å². The number of methoxy groups -OCH3 is 1. The molecule has 2 unspecified atom stereocenters. The number of amides is 1. The first-order valence-electron chi connectivity index (χ1n) is 11.1. The zero-order valence-electron chi connectivity index (χ0n) is 18.8. The van der Waals surface area contributed by atoms with Gasteiger partial charge < -0.3 is 24.4 Å². The molecule has 1 N–H and O–H groups in total. The van der Waals surface area contributed by atoms with Crippen LogP contribution in [-0.2, 0) is 9.47 Å². The molecule has 2 atom stereocenters. The molecule has 4 heterocycles. The molecule has 0 spiro atoms. The first-order chi connectivity index (χ1) is 15.6. The molecule has 2 aliphatic heterocycles. The third kappa shape index (κ3) is 4.55. The number of hydrogen-bond acceptors (Lipinski definition) is 9. The summed E-state index contributed by atoms with van der Waals surface area (Å²) in [6.45, 7) is 7.13.